The van der Waals surface area contributed by atoms with Crippen molar-refractivity contribution in [1.82, 2.24) is 5.32 Å². The van der Waals surface area contributed by atoms with Crippen LogP contribution >= 0.6 is 0 Å². The van der Waals surface area contributed by atoms with Gasteiger partial charge in [0.15, 0.2) is 11.6 Å². The quantitative estimate of drug-likeness (QED) is 0.823. The van der Waals surface area contributed by atoms with Gasteiger partial charge >= 0.3 is 0 Å². The molecule has 1 saturated carbocycles. The van der Waals surface area contributed by atoms with Crippen molar-refractivity contribution in [3.05, 3.63) is 29.6 Å². The summed E-state index contributed by atoms with van der Waals surface area (Å²) in [5.41, 5.74) is 6.15. The highest BCUT2D eigenvalue weighted by Crippen LogP contribution is 2.47. The van der Waals surface area contributed by atoms with Crippen LogP contribution in [0.25, 0.3) is 0 Å². The minimum absolute atomic E-state index is 0.0794. The molecule has 0 saturated heterocycles. The summed E-state index contributed by atoms with van der Waals surface area (Å²) >= 11 is 0. The first-order valence-electron chi connectivity index (χ1n) is 6.42. The van der Waals surface area contributed by atoms with Gasteiger partial charge in [-0.25, -0.2) is 4.39 Å². The molecule has 0 aliphatic heterocycles. The second-order valence-corrected chi connectivity index (χ2v) is 5.07. The molecule has 5 heteroatoms. The fourth-order valence-electron chi connectivity index (χ4n) is 2.17. The van der Waals surface area contributed by atoms with Crippen LogP contribution in [0, 0.1) is 11.2 Å². The summed E-state index contributed by atoms with van der Waals surface area (Å²) < 4.78 is 18.1. The molecule has 4 nitrogen and oxygen atoms in total. The Kier molecular flexibility index (Phi) is 4.04. The molecule has 1 amide bonds. The molecular formula is C14H19FN2O2. The second kappa shape index (κ2) is 5.57. The minimum Gasteiger partial charge on any atom is -0.494 e. The van der Waals surface area contributed by atoms with E-state index in [0.29, 0.717) is 18.7 Å². The Balaban J connectivity index is 1.96. The van der Waals surface area contributed by atoms with E-state index in [9.17, 15) is 9.18 Å². The monoisotopic (exact) mass is 266 g/mol. The molecule has 3 N–H and O–H groups in total. The molecule has 0 bridgehead atoms. The zero-order valence-corrected chi connectivity index (χ0v) is 11.0. The minimum atomic E-state index is -0.471. The third-order valence-corrected chi connectivity index (χ3v) is 3.67. The molecule has 2 rings (SSSR count). The van der Waals surface area contributed by atoms with E-state index in [1.165, 1.54) is 25.3 Å². The fraction of sp³-hybridized carbons (Fsp3) is 0.500. The highest BCUT2D eigenvalue weighted by molar-refractivity contribution is 5.94. The summed E-state index contributed by atoms with van der Waals surface area (Å²) in [6.45, 7) is 1.27. The summed E-state index contributed by atoms with van der Waals surface area (Å²) in [6, 6.07) is 4.10. The van der Waals surface area contributed by atoms with Crippen LogP contribution in [0.4, 0.5) is 4.39 Å². The van der Waals surface area contributed by atoms with E-state index in [1.54, 1.807) is 0 Å². The van der Waals surface area contributed by atoms with Crippen LogP contribution in [0.5, 0.6) is 5.75 Å². The summed E-state index contributed by atoms with van der Waals surface area (Å²) in [6.07, 6.45) is 3.15. The average Bonchev–Trinajstić information content (AvgIpc) is 3.17. The van der Waals surface area contributed by atoms with Crippen LogP contribution in [0.3, 0.4) is 0 Å². The van der Waals surface area contributed by atoms with Gasteiger partial charge in [0.2, 0.25) is 0 Å². The zero-order chi connectivity index (χ0) is 13.9. The normalized spacial score (nSPS) is 15.9. The molecule has 1 aliphatic carbocycles. The first kappa shape index (κ1) is 13.8. The van der Waals surface area contributed by atoms with Gasteiger partial charge in [-0.2, -0.15) is 0 Å². The standard InChI is InChI=1S/C14H19FN2O2/c1-19-12-8-10(2-3-11(12)15)13(18)17-9-14(4-5-14)6-7-16/h2-3,8H,4-7,9,16H2,1H3,(H,17,18). The number of amides is 1. The van der Waals surface area contributed by atoms with E-state index in [0.717, 1.165) is 19.3 Å². The lowest BCUT2D eigenvalue weighted by molar-refractivity contribution is 0.0943. The van der Waals surface area contributed by atoms with Gasteiger partial charge in [-0.3, -0.25) is 4.79 Å². The number of carbonyl (C=O) groups is 1. The van der Waals surface area contributed by atoms with Crippen LogP contribution in [-0.2, 0) is 0 Å². The van der Waals surface area contributed by atoms with Gasteiger partial charge in [0.05, 0.1) is 7.11 Å². The third-order valence-electron chi connectivity index (χ3n) is 3.67. The molecule has 0 radical (unpaired) electrons. The number of nitrogens with one attached hydrogen (secondary N) is 1. The number of benzene rings is 1. The van der Waals surface area contributed by atoms with Crippen LogP contribution in [0.1, 0.15) is 29.6 Å². The van der Waals surface area contributed by atoms with Crippen molar-refractivity contribution in [1.29, 1.82) is 0 Å². The fourth-order valence-corrected chi connectivity index (χ4v) is 2.17. The van der Waals surface area contributed by atoms with Gasteiger partial charge in [-0.05, 0) is 49.4 Å². The van der Waals surface area contributed by atoms with Gasteiger partial charge < -0.3 is 15.8 Å². The predicted molar refractivity (Wildman–Crippen MR) is 70.6 cm³/mol. The summed E-state index contributed by atoms with van der Waals surface area (Å²) in [5, 5.41) is 2.88. The molecule has 1 aromatic rings. The van der Waals surface area contributed by atoms with Crippen molar-refractivity contribution >= 4 is 5.91 Å². The number of hydrogen-bond donors (Lipinski definition) is 2. The lowest BCUT2D eigenvalue weighted by atomic mass is 10.0. The number of hydrogen-bond acceptors (Lipinski definition) is 3. The van der Waals surface area contributed by atoms with Gasteiger partial charge in [0, 0.05) is 12.1 Å². The predicted octanol–water partition coefficient (Wildman–Crippen LogP) is 1.69. The smallest absolute Gasteiger partial charge is 0.251 e. The van der Waals surface area contributed by atoms with Crippen molar-refractivity contribution < 1.29 is 13.9 Å². The van der Waals surface area contributed by atoms with Gasteiger partial charge in [0.1, 0.15) is 0 Å². The summed E-state index contributed by atoms with van der Waals surface area (Å²) in [4.78, 5) is 12.0. The maximum atomic E-state index is 13.2. The van der Waals surface area contributed by atoms with Crippen molar-refractivity contribution in [2.45, 2.75) is 19.3 Å². The highest BCUT2D eigenvalue weighted by atomic mass is 19.1. The summed E-state index contributed by atoms with van der Waals surface area (Å²) in [5.74, 6) is -0.599. The lowest BCUT2D eigenvalue weighted by Crippen LogP contribution is -2.31. The molecule has 0 unspecified atom stereocenters. The zero-order valence-electron chi connectivity index (χ0n) is 11.0. The Hall–Kier alpha value is -1.62. The first-order valence-corrected chi connectivity index (χ1v) is 6.42. The molecule has 19 heavy (non-hydrogen) atoms. The Bertz CT molecular complexity index is 473. The molecule has 0 heterocycles. The topological polar surface area (TPSA) is 64.3 Å². The third kappa shape index (κ3) is 3.23. The molecule has 0 aromatic heterocycles. The lowest BCUT2D eigenvalue weighted by Gasteiger charge is -2.15. The number of carbonyl (C=O) groups excluding carboxylic acids is 1. The van der Waals surface area contributed by atoms with Crippen LogP contribution < -0.4 is 15.8 Å². The maximum absolute atomic E-state index is 13.2. The number of rotatable bonds is 6. The molecular weight excluding hydrogens is 247 g/mol. The van der Waals surface area contributed by atoms with E-state index in [4.69, 9.17) is 10.5 Å². The van der Waals surface area contributed by atoms with Gasteiger partial charge in [-0.15, -0.1) is 0 Å². The second-order valence-electron chi connectivity index (χ2n) is 5.07. The van der Waals surface area contributed by atoms with Gasteiger partial charge in [0.25, 0.3) is 5.91 Å². The van der Waals surface area contributed by atoms with Crippen LogP contribution in [0.15, 0.2) is 18.2 Å². The van der Waals surface area contributed by atoms with E-state index < -0.39 is 5.82 Å². The van der Waals surface area contributed by atoms with Crippen LogP contribution in [-0.4, -0.2) is 26.1 Å². The molecule has 0 spiro atoms. The Morgan fingerprint density at radius 1 is 1.53 bits per heavy atom. The molecule has 1 fully saturated rings. The van der Waals surface area contributed by atoms with E-state index >= 15 is 0 Å². The van der Waals surface area contributed by atoms with Crippen molar-refractivity contribution in [2.24, 2.45) is 11.1 Å². The largest absolute Gasteiger partial charge is 0.494 e. The maximum Gasteiger partial charge on any atom is 0.251 e. The SMILES string of the molecule is COc1cc(C(=O)NCC2(CCN)CC2)ccc1F. The van der Waals surface area contributed by atoms with Crippen molar-refractivity contribution in [3.63, 3.8) is 0 Å². The van der Waals surface area contributed by atoms with E-state index in [1.807, 2.05) is 0 Å². The number of halogens is 1. The van der Waals surface area contributed by atoms with Crippen molar-refractivity contribution in [2.75, 3.05) is 20.2 Å². The molecule has 104 valence electrons. The van der Waals surface area contributed by atoms with Crippen LogP contribution in [0.2, 0.25) is 0 Å². The number of ether oxygens (including phenoxy) is 1. The summed E-state index contributed by atoms with van der Waals surface area (Å²) in [7, 11) is 1.38. The van der Waals surface area contributed by atoms with E-state index in [2.05, 4.69) is 5.32 Å². The number of nitrogens with two attached hydrogens (primary N) is 1. The molecule has 1 aromatic carbocycles. The first-order chi connectivity index (χ1) is 9.10. The highest BCUT2D eigenvalue weighted by Gasteiger charge is 2.41. The van der Waals surface area contributed by atoms with Gasteiger partial charge in [-0.1, -0.05) is 0 Å². The molecule has 0 atom stereocenters. The number of methoxy groups -OCH3 is 1. The Labute approximate surface area is 112 Å². The molecule has 1 aliphatic rings. The Morgan fingerprint density at radius 3 is 2.84 bits per heavy atom. The van der Waals surface area contributed by atoms with E-state index in [-0.39, 0.29) is 17.1 Å². The van der Waals surface area contributed by atoms with Crippen molar-refractivity contribution in [3.8, 4) is 5.75 Å². The Morgan fingerprint density at radius 2 is 2.26 bits per heavy atom. The average molecular weight is 266 g/mol.